The Morgan fingerprint density at radius 3 is 2.60 bits per heavy atom. The Morgan fingerprint density at radius 1 is 1.13 bits per heavy atom. The van der Waals surface area contributed by atoms with Crippen LogP contribution in [0, 0.1) is 0 Å². The minimum atomic E-state index is -0.199. The van der Waals surface area contributed by atoms with Gasteiger partial charge in [0.2, 0.25) is 5.78 Å². The van der Waals surface area contributed by atoms with Gasteiger partial charge in [-0.3, -0.25) is 9.59 Å². The van der Waals surface area contributed by atoms with Gasteiger partial charge in [-0.25, -0.2) is 0 Å². The van der Waals surface area contributed by atoms with Gasteiger partial charge in [0.15, 0.2) is 5.78 Å². The number of thioether (sulfide) groups is 1. The van der Waals surface area contributed by atoms with Crippen molar-refractivity contribution in [2.75, 3.05) is 0 Å². The van der Waals surface area contributed by atoms with Gasteiger partial charge in [0.05, 0.1) is 5.25 Å². The van der Waals surface area contributed by atoms with Crippen LogP contribution in [0.25, 0.3) is 0 Å². The molecule has 1 aliphatic rings. The largest absolute Gasteiger partial charge is 0.291 e. The van der Waals surface area contributed by atoms with E-state index >= 15 is 0 Å². The summed E-state index contributed by atoms with van der Waals surface area (Å²) < 4.78 is 0. The predicted molar refractivity (Wildman–Crippen MR) is 60.0 cm³/mol. The number of carbonyl (C=O) groups excluding carboxylic acids is 2. The number of hydrogen-bond acceptors (Lipinski definition) is 3. The first-order valence-corrected chi connectivity index (χ1v) is 5.94. The zero-order valence-corrected chi connectivity index (χ0v) is 9.13. The van der Waals surface area contributed by atoms with Gasteiger partial charge in [-0.2, -0.15) is 0 Å². The maximum absolute atomic E-state index is 11.6. The number of hydrogen-bond donors (Lipinski definition) is 0. The van der Waals surface area contributed by atoms with Gasteiger partial charge in [-0.1, -0.05) is 18.2 Å². The Hall–Kier alpha value is -1.09. The fourth-order valence-electron chi connectivity index (χ4n) is 1.66. The van der Waals surface area contributed by atoms with E-state index < -0.39 is 0 Å². The molecule has 1 unspecified atom stereocenters. The van der Waals surface area contributed by atoms with Crippen molar-refractivity contribution in [3.8, 4) is 0 Å². The van der Waals surface area contributed by atoms with E-state index in [2.05, 4.69) is 0 Å². The standard InChI is InChI=1S/C12H12O2S/c13-10-7-4-8-11(12(10)14)15-9-5-2-1-3-6-9/h1-3,5-6,11H,4,7-8H2. The van der Waals surface area contributed by atoms with Crippen LogP contribution < -0.4 is 0 Å². The molecule has 78 valence electrons. The molecule has 0 spiro atoms. The van der Waals surface area contributed by atoms with Crippen molar-refractivity contribution in [1.29, 1.82) is 0 Å². The fourth-order valence-corrected chi connectivity index (χ4v) is 2.82. The number of ketones is 2. The van der Waals surface area contributed by atoms with E-state index in [-0.39, 0.29) is 16.8 Å². The Balaban J connectivity index is 2.06. The summed E-state index contributed by atoms with van der Waals surface area (Å²) in [5.41, 5.74) is 0. The molecule has 1 fully saturated rings. The van der Waals surface area contributed by atoms with Crippen LogP contribution in [0.4, 0.5) is 0 Å². The molecule has 0 amide bonds. The molecule has 1 aliphatic carbocycles. The van der Waals surface area contributed by atoms with E-state index in [4.69, 9.17) is 0 Å². The molecule has 0 bridgehead atoms. The molecule has 2 nitrogen and oxygen atoms in total. The molecular formula is C12H12O2S. The molecule has 1 aromatic carbocycles. The molecule has 0 radical (unpaired) electrons. The van der Waals surface area contributed by atoms with Crippen molar-refractivity contribution >= 4 is 23.3 Å². The number of benzene rings is 1. The van der Waals surface area contributed by atoms with Crippen molar-refractivity contribution in [2.45, 2.75) is 29.4 Å². The first kappa shape index (κ1) is 10.4. The molecule has 0 saturated heterocycles. The molecule has 0 aromatic heterocycles. The van der Waals surface area contributed by atoms with E-state index in [1.165, 1.54) is 11.8 Å². The van der Waals surface area contributed by atoms with Crippen LogP contribution in [-0.2, 0) is 9.59 Å². The van der Waals surface area contributed by atoms with E-state index in [1.54, 1.807) is 0 Å². The second kappa shape index (κ2) is 4.62. The minimum absolute atomic E-state index is 0.159. The van der Waals surface area contributed by atoms with Crippen LogP contribution >= 0.6 is 11.8 Å². The Kier molecular flexibility index (Phi) is 3.21. The molecule has 1 atom stereocenters. The summed E-state index contributed by atoms with van der Waals surface area (Å²) in [6.07, 6.45) is 2.10. The van der Waals surface area contributed by atoms with Crippen LogP contribution in [0.5, 0.6) is 0 Å². The highest BCUT2D eigenvalue weighted by atomic mass is 32.2. The lowest BCUT2D eigenvalue weighted by atomic mass is 9.98. The highest BCUT2D eigenvalue weighted by molar-refractivity contribution is 8.00. The van der Waals surface area contributed by atoms with Gasteiger partial charge in [-0.05, 0) is 25.0 Å². The molecule has 3 heteroatoms. The lowest BCUT2D eigenvalue weighted by molar-refractivity contribution is -0.137. The summed E-state index contributed by atoms with van der Waals surface area (Å²) >= 11 is 1.51. The summed E-state index contributed by atoms with van der Waals surface area (Å²) in [6.45, 7) is 0. The van der Waals surface area contributed by atoms with E-state index in [0.717, 1.165) is 17.7 Å². The molecule has 0 N–H and O–H groups in total. The number of carbonyl (C=O) groups is 2. The Labute approximate surface area is 93.1 Å². The zero-order chi connectivity index (χ0) is 10.7. The quantitative estimate of drug-likeness (QED) is 0.718. The fraction of sp³-hybridized carbons (Fsp3) is 0.333. The van der Waals surface area contributed by atoms with Crippen LogP contribution in [-0.4, -0.2) is 16.8 Å². The lowest BCUT2D eigenvalue weighted by Gasteiger charge is -2.18. The van der Waals surface area contributed by atoms with Crippen molar-refractivity contribution in [3.05, 3.63) is 30.3 Å². The molecule has 1 aromatic rings. The summed E-state index contributed by atoms with van der Waals surface area (Å²) in [7, 11) is 0. The summed E-state index contributed by atoms with van der Waals surface area (Å²) in [5.74, 6) is -0.398. The third kappa shape index (κ3) is 2.48. The third-order valence-corrected chi connectivity index (χ3v) is 3.74. The van der Waals surface area contributed by atoms with Crippen molar-refractivity contribution in [1.82, 2.24) is 0 Å². The average molecular weight is 220 g/mol. The average Bonchev–Trinajstić information content (AvgIpc) is 2.26. The van der Waals surface area contributed by atoms with Gasteiger partial charge in [0.1, 0.15) is 0 Å². The summed E-state index contributed by atoms with van der Waals surface area (Å²) in [6, 6.07) is 9.76. The second-order valence-electron chi connectivity index (χ2n) is 3.60. The van der Waals surface area contributed by atoms with E-state index in [9.17, 15) is 9.59 Å². The minimum Gasteiger partial charge on any atom is -0.291 e. The van der Waals surface area contributed by atoms with Gasteiger partial charge >= 0.3 is 0 Å². The molecular weight excluding hydrogens is 208 g/mol. The van der Waals surface area contributed by atoms with Gasteiger partial charge in [-0.15, -0.1) is 11.8 Å². The smallest absolute Gasteiger partial charge is 0.211 e. The first-order valence-electron chi connectivity index (χ1n) is 5.06. The van der Waals surface area contributed by atoms with Gasteiger partial charge in [0, 0.05) is 11.3 Å². The van der Waals surface area contributed by atoms with Gasteiger partial charge in [0.25, 0.3) is 0 Å². The molecule has 2 rings (SSSR count). The van der Waals surface area contributed by atoms with E-state index in [0.29, 0.717) is 6.42 Å². The Bertz CT molecular complexity index is 372. The lowest BCUT2D eigenvalue weighted by Crippen LogP contribution is -2.30. The molecule has 0 aliphatic heterocycles. The molecule has 1 saturated carbocycles. The second-order valence-corrected chi connectivity index (χ2v) is 4.88. The number of Topliss-reactive ketones (excluding diaryl/α,β-unsaturated/α-hetero) is 2. The summed E-state index contributed by atoms with van der Waals surface area (Å²) in [5, 5.41) is -0.159. The highest BCUT2D eigenvalue weighted by Crippen LogP contribution is 2.30. The third-order valence-electron chi connectivity index (χ3n) is 2.46. The predicted octanol–water partition coefficient (Wildman–Crippen LogP) is 2.47. The normalized spacial score (nSPS) is 21.7. The van der Waals surface area contributed by atoms with Crippen LogP contribution in [0.15, 0.2) is 35.2 Å². The van der Waals surface area contributed by atoms with Crippen LogP contribution in [0.2, 0.25) is 0 Å². The topological polar surface area (TPSA) is 34.1 Å². The highest BCUT2D eigenvalue weighted by Gasteiger charge is 2.29. The first-order chi connectivity index (χ1) is 7.27. The van der Waals surface area contributed by atoms with Crippen molar-refractivity contribution in [3.63, 3.8) is 0 Å². The maximum Gasteiger partial charge on any atom is 0.211 e. The monoisotopic (exact) mass is 220 g/mol. The number of rotatable bonds is 2. The maximum atomic E-state index is 11.6. The summed E-state index contributed by atoms with van der Waals surface area (Å²) in [4.78, 5) is 23.9. The van der Waals surface area contributed by atoms with Crippen LogP contribution in [0.3, 0.4) is 0 Å². The zero-order valence-electron chi connectivity index (χ0n) is 8.31. The van der Waals surface area contributed by atoms with Crippen molar-refractivity contribution < 1.29 is 9.59 Å². The van der Waals surface area contributed by atoms with Crippen molar-refractivity contribution in [2.24, 2.45) is 0 Å². The molecule has 0 heterocycles. The SMILES string of the molecule is O=C1CCCC(Sc2ccccc2)C1=O. The Morgan fingerprint density at radius 2 is 1.87 bits per heavy atom. The van der Waals surface area contributed by atoms with Crippen LogP contribution in [0.1, 0.15) is 19.3 Å². The van der Waals surface area contributed by atoms with Gasteiger partial charge < -0.3 is 0 Å². The molecule has 15 heavy (non-hydrogen) atoms. The van der Waals surface area contributed by atoms with E-state index in [1.807, 2.05) is 30.3 Å².